The fraction of sp³-hybridized carbons (Fsp3) is 0. The van der Waals surface area contributed by atoms with E-state index in [9.17, 15) is 19.3 Å². The third kappa shape index (κ3) is 2.69. The van der Waals surface area contributed by atoms with Gasteiger partial charge in [0.2, 0.25) is 5.75 Å². The van der Waals surface area contributed by atoms with Crippen molar-refractivity contribution in [3.63, 3.8) is 0 Å². The SMILES string of the molecule is O=C(O)c1ccc(Oc2cccnc2F)c([N+](=O)[O-])c1. The Hall–Kier alpha value is -3.03. The lowest BCUT2D eigenvalue weighted by Crippen LogP contribution is -2.00. The van der Waals surface area contributed by atoms with Gasteiger partial charge in [-0.2, -0.15) is 4.39 Å². The van der Waals surface area contributed by atoms with Crippen molar-refractivity contribution in [1.82, 2.24) is 4.98 Å². The second-order valence-electron chi connectivity index (χ2n) is 3.64. The first-order chi connectivity index (χ1) is 9.49. The highest BCUT2D eigenvalue weighted by Crippen LogP contribution is 2.32. The molecule has 8 heteroatoms. The summed E-state index contributed by atoms with van der Waals surface area (Å²) in [5, 5.41) is 19.7. The molecule has 2 aromatic rings. The minimum absolute atomic E-state index is 0.268. The van der Waals surface area contributed by atoms with Gasteiger partial charge < -0.3 is 9.84 Å². The van der Waals surface area contributed by atoms with Crippen LogP contribution in [0.4, 0.5) is 10.1 Å². The van der Waals surface area contributed by atoms with Gasteiger partial charge in [-0.3, -0.25) is 10.1 Å². The molecule has 0 aliphatic heterocycles. The summed E-state index contributed by atoms with van der Waals surface area (Å²) in [6.45, 7) is 0. The number of carbonyl (C=O) groups is 1. The molecule has 0 saturated carbocycles. The van der Waals surface area contributed by atoms with E-state index < -0.39 is 22.5 Å². The van der Waals surface area contributed by atoms with Crippen LogP contribution in [0.3, 0.4) is 0 Å². The van der Waals surface area contributed by atoms with Crippen LogP contribution in [0.15, 0.2) is 36.5 Å². The van der Waals surface area contributed by atoms with Crippen molar-refractivity contribution < 1.29 is 24.0 Å². The zero-order valence-electron chi connectivity index (χ0n) is 9.82. The number of carboxylic acid groups (broad SMARTS) is 1. The Kier molecular flexibility index (Phi) is 3.56. The smallest absolute Gasteiger partial charge is 0.335 e. The van der Waals surface area contributed by atoms with Crippen molar-refractivity contribution in [1.29, 1.82) is 0 Å². The Labute approximate surface area is 111 Å². The first kappa shape index (κ1) is 13.4. The van der Waals surface area contributed by atoms with Gasteiger partial charge in [0.15, 0.2) is 5.75 Å². The summed E-state index contributed by atoms with van der Waals surface area (Å²) in [5.41, 5.74) is -0.844. The first-order valence-electron chi connectivity index (χ1n) is 5.29. The molecule has 0 saturated heterocycles. The van der Waals surface area contributed by atoms with E-state index in [2.05, 4.69) is 4.98 Å². The molecule has 102 valence electrons. The number of ether oxygens (including phenoxy) is 1. The second-order valence-corrected chi connectivity index (χ2v) is 3.64. The summed E-state index contributed by atoms with van der Waals surface area (Å²) in [4.78, 5) is 24.2. The number of hydrogen-bond donors (Lipinski definition) is 1. The minimum Gasteiger partial charge on any atom is -0.478 e. The summed E-state index contributed by atoms with van der Waals surface area (Å²) in [7, 11) is 0. The highest BCUT2D eigenvalue weighted by molar-refractivity contribution is 5.88. The molecule has 0 fully saturated rings. The Morgan fingerprint density at radius 1 is 1.35 bits per heavy atom. The van der Waals surface area contributed by atoms with Crippen molar-refractivity contribution in [3.05, 3.63) is 58.2 Å². The number of carboxylic acids is 1. The van der Waals surface area contributed by atoms with E-state index in [1.54, 1.807) is 0 Å². The molecule has 0 spiro atoms. The quantitative estimate of drug-likeness (QED) is 0.524. The maximum atomic E-state index is 13.3. The molecule has 1 N–H and O–H groups in total. The Bertz CT molecular complexity index is 689. The van der Waals surface area contributed by atoms with Gasteiger partial charge in [-0.15, -0.1) is 0 Å². The molecule has 0 unspecified atom stereocenters. The zero-order valence-corrected chi connectivity index (χ0v) is 9.82. The van der Waals surface area contributed by atoms with Gasteiger partial charge in [0, 0.05) is 12.3 Å². The van der Waals surface area contributed by atoms with Gasteiger partial charge in [0.1, 0.15) is 0 Å². The van der Waals surface area contributed by atoms with Gasteiger partial charge in [-0.05, 0) is 24.3 Å². The molecule has 1 heterocycles. The van der Waals surface area contributed by atoms with Crippen LogP contribution in [0.25, 0.3) is 0 Å². The molecule has 0 atom stereocenters. The predicted molar refractivity (Wildman–Crippen MR) is 64.3 cm³/mol. The van der Waals surface area contributed by atoms with E-state index in [4.69, 9.17) is 9.84 Å². The third-order valence-electron chi connectivity index (χ3n) is 2.35. The van der Waals surface area contributed by atoms with E-state index in [0.29, 0.717) is 0 Å². The average molecular weight is 278 g/mol. The second kappa shape index (κ2) is 5.31. The number of pyridine rings is 1. The molecule has 2 rings (SSSR count). The van der Waals surface area contributed by atoms with Crippen LogP contribution in [0.1, 0.15) is 10.4 Å². The molecule has 1 aromatic heterocycles. The number of aromatic nitrogens is 1. The fourth-order valence-corrected chi connectivity index (χ4v) is 1.45. The van der Waals surface area contributed by atoms with E-state index in [-0.39, 0.29) is 17.1 Å². The minimum atomic E-state index is -1.31. The van der Waals surface area contributed by atoms with Crippen LogP contribution < -0.4 is 4.74 Å². The first-order valence-corrected chi connectivity index (χ1v) is 5.29. The summed E-state index contributed by atoms with van der Waals surface area (Å²) >= 11 is 0. The lowest BCUT2D eigenvalue weighted by Gasteiger charge is -2.07. The summed E-state index contributed by atoms with van der Waals surface area (Å²) in [6, 6.07) is 5.70. The van der Waals surface area contributed by atoms with E-state index in [0.717, 1.165) is 18.2 Å². The molecule has 0 amide bonds. The number of nitro groups is 1. The molecule has 0 aliphatic rings. The summed E-state index contributed by atoms with van der Waals surface area (Å²) in [5.74, 6) is -2.80. The van der Waals surface area contributed by atoms with Crippen molar-refractivity contribution in [2.24, 2.45) is 0 Å². The van der Waals surface area contributed by atoms with Crippen LogP contribution in [0.2, 0.25) is 0 Å². The summed E-state index contributed by atoms with van der Waals surface area (Å²) < 4.78 is 18.4. The predicted octanol–water partition coefficient (Wildman–Crippen LogP) is 2.62. The largest absolute Gasteiger partial charge is 0.478 e. The number of rotatable bonds is 4. The van der Waals surface area contributed by atoms with Crippen molar-refractivity contribution in [3.8, 4) is 11.5 Å². The number of aromatic carboxylic acids is 1. The highest BCUT2D eigenvalue weighted by atomic mass is 19.1. The van der Waals surface area contributed by atoms with Crippen molar-refractivity contribution in [2.45, 2.75) is 0 Å². The lowest BCUT2D eigenvalue weighted by atomic mass is 10.2. The number of halogens is 1. The maximum Gasteiger partial charge on any atom is 0.335 e. The number of nitro benzene ring substituents is 1. The molecule has 0 radical (unpaired) electrons. The fourth-order valence-electron chi connectivity index (χ4n) is 1.45. The van der Waals surface area contributed by atoms with Crippen molar-refractivity contribution >= 4 is 11.7 Å². The Morgan fingerprint density at radius 3 is 2.70 bits per heavy atom. The van der Waals surface area contributed by atoms with Crippen LogP contribution in [0, 0.1) is 16.1 Å². The monoisotopic (exact) mass is 278 g/mol. The van der Waals surface area contributed by atoms with Gasteiger partial charge in [-0.1, -0.05) is 0 Å². The number of nitrogens with zero attached hydrogens (tertiary/aromatic N) is 2. The highest BCUT2D eigenvalue weighted by Gasteiger charge is 2.20. The Morgan fingerprint density at radius 2 is 2.10 bits per heavy atom. The topological polar surface area (TPSA) is 103 Å². The average Bonchev–Trinajstić information content (AvgIpc) is 2.41. The standard InChI is InChI=1S/C12H7FN2O5/c13-11-10(2-1-5-14-11)20-9-4-3-7(12(16)17)6-8(9)15(18)19/h1-6H,(H,16,17). The molecule has 1 aromatic carbocycles. The summed E-state index contributed by atoms with van der Waals surface area (Å²) in [6.07, 6.45) is 1.20. The molecular weight excluding hydrogens is 271 g/mol. The number of benzene rings is 1. The van der Waals surface area contributed by atoms with Crippen molar-refractivity contribution in [2.75, 3.05) is 0 Å². The Balaban J connectivity index is 2.44. The lowest BCUT2D eigenvalue weighted by molar-refractivity contribution is -0.385. The van der Waals surface area contributed by atoms with E-state index in [1.165, 1.54) is 18.3 Å². The van der Waals surface area contributed by atoms with Crippen LogP contribution >= 0.6 is 0 Å². The molecular formula is C12H7FN2O5. The van der Waals surface area contributed by atoms with Crippen LogP contribution in [-0.2, 0) is 0 Å². The third-order valence-corrected chi connectivity index (χ3v) is 2.35. The molecule has 20 heavy (non-hydrogen) atoms. The van der Waals surface area contributed by atoms with E-state index in [1.807, 2.05) is 0 Å². The molecule has 0 bridgehead atoms. The van der Waals surface area contributed by atoms with Gasteiger partial charge in [-0.25, -0.2) is 9.78 Å². The van der Waals surface area contributed by atoms with Crippen LogP contribution in [-0.4, -0.2) is 21.0 Å². The van der Waals surface area contributed by atoms with Gasteiger partial charge in [0.05, 0.1) is 10.5 Å². The van der Waals surface area contributed by atoms with E-state index >= 15 is 0 Å². The van der Waals surface area contributed by atoms with Gasteiger partial charge in [0.25, 0.3) is 5.95 Å². The maximum absolute atomic E-state index is 13.3. The number of hydrogen-bond acceptors (Lipinski definition) is 5. The normalized spacial score (nSPS) is 10.1. The van der Waals surface area contributed by atoms with Crippen LogP contribution in [0.5, 0.6) is 11.5 Å². The zero-order chi connectivity index (χ0) is 14.7. The van der Waals surface area contributed by atoms with Gasteiger partial charge >= 0.3 is 11.7 Å². The molecule has 0 aliphatic carbocycles. The molecule has 7 nitrogen and oxygen atoms in total.